The van der Waals surface area contributed by atoms with Crippen LogP contribution in [0.4, 0.5) is 0 Å². The first kappa shape index (κ1) is 27.1. The first-order valence-electron chi connectivity index (χ1n) is 13.5. The Hall–Kier alpha value is -4.53. The molecule has 9 nitrogen and oxygen atoms in total. The van der Waals surface area contributed by atoms with Gasteiger partial charge in [0, 0.05) is 37.5 Å². The Morgan fingerprint density at radius 1 is 1.18 bits per heavy atom. The zero-order valence-corrected chi connectivity index (χ0v) is 22.7. The van der Waals surface area contributed by atoms with Crippen LogP contribution >= 0.6 is 0 Å². The zero-order valence-electron chi connectivity index (χ0n) is 22.7. The topological polar surface area (TPSA) is 103 Å². The van der Waals surface area contributed by atoms with E-state index in [1.165, 1.54) is 4.90 Å². The van der Waals surface area contributed by atoms with Gasteiger partial charge in [-0.1, -0.05) is 18.7 Å². The number of nitrogens with zero attached hydrogens (tertiary/aromatic N) is 3. The average molecular weight is 544 g/mol. The number of hydrogen-bond acceptors (Lipinski definition) is 7. The number of carbonyl (C=O) groups is 2. The fraction of sp³-hybridized carbons (Fsp3) is 0.323. The molecule has 0 bridgehead atoms. The summed E-state index contributed by atoms with van der Waals surface area (Å²) >= 11 is 0. The molecule has 2 atom stereocenters. The molecule has 0 spiro atoms. The molecule has 2 aliphatic heterocycles. The smallest absolute Gasteiger partial charge is 0.295 e. The van der Waals surface area contributed by atoms with Gasteiger partial charge < -0.3 is 28.8 Å². The summed E-state index contributed by atoms with van der Waals surface area (Å²) in [5.41, 5.74) is 2.09. The molecule has 0 aliphatic carbocycles. The summed E-state index contributed by atoms with van der Waals surface area (Å²) < 4.78 is 19.3. The number of benzene rings is 2. The van der Waals surface area contributed by atoms with E-state index in [9.17, 15) is 14.7 Å². The highest BCUT2D eigenvalue weighted by Crippen LogP contribution is 2.43. The highest BCUT2D eigenvalue weighted by atomic mass is 16.5. The lowest BCUT2D eigenvalue weighted by Crippen LogP contribution is -2.31. The monoisotopic (exact) mass is 543 g/mol. The maximum Gasteiger partial charge on any atom is 0.295 e. The SMILES string of the molecule is C=CCOc1ccc(C2C(=C(O)c3ccc4c(c3)CC(C)O4)C(=O)C(=O)N2CCCn2ccnc2)cc1OCC. The quantitative estimate of drug-likeness (QED) is 0.162. The van der Waals surface area contributed by atoms with E-state index in [-0.39, 0.29) is 17.4 Å². The van der Waals surface area contributed by atoms with Crippen LogP contribution in [0.15, 0.2) is 73.3 Å². The number of ether oxygens (including phenoxy) is 3. The molecule has 2 aliphatic rings. The van der Waals surface area contributed by atoms with E-state index in [4.69, 9.17) is 14.2 Å². The molecule has 1 N–H and O–H groups in total. The Morgan fingerprint density at radius 3 is 2.77 bits per heavy atom. The van der Waals surface area contributed by atoms with E-state index in [0.29, 0.717) is 61.8 Å². The van der Waals surface area contributed by atoms with E-state index in [0.717, 1.165) is 11.3 Å². The molecule has 1 amide bonds. The largest absolute Gasteiger partial charge is 0.507 e. The summed E-state index contributed by atoms with van der Waals surface area (Å²) in [4.78, 5) is 32.5. The number of fused-ring (bicyclic) bond motifs is 1. The van der Waals surface area contributed by atoms with Crippen LogP contribution in [-0.2, 0) is 22.6 Å². The van der Waals surface area contributed by atoms with Gasteiger partial charge in [0.2, 0.25) is 0 Å². The molecular formula is C31H33N3O6. The summed E-state index contributed by atoms with van der Waals surface area (Å²) in [6, 6.07) is 9.85. The molecule has 5 rings (SSSR count). The molecule has 0 radical (unpaired) electrons. The van der Waals surface area contributed by atoms with Gasteiger partial charge in [0.1, 0.15) is 24.2 Å². The Morgan fingerprint density at radius 2 is 2.02 bits per heavy atom. The van der Waals surface area contributed by atoms with Crippen molar-refractivity contribution in [2.45, 2.75) is 45.4 Å². The number of aliphatic hydroxyl groups excluding tert-OH is 1. The van der Waals surface area contributed by atoms with Gasteiger partial charge in [0.05, 0.1) is 24.5 Å². The molecule has 1 aromatic heterocycles. The molecule has 9 heteroatoms. The summed E-state index contributed by atoms with van der Waals surface area (Å²) in [6.45, 7) is 9.16. The summed E-state index contributed by atoms with van der Waals surface area (Å²) in [5, 5.41) is 11.5. The maximum atomic E-state index is 13.5. The Kier molecular flexibility index (Phi) is 7.91. The average Bonchev–Trinajstić information content (AvgIpc) is 3.66. The number of ketones is 1. The fourth-order valence-electron chi connectivity index (χ4n) is 5.26. The summed E-state index contributed by atoms with van der Waals surface area (Å²) in [6.07, 6.45) is 8.22. The highest BCUT2D eigenvalue weighted by molar-refractivity contribution is 6.46. The Balaban J connectivity index is 1.56. The number of aromatic nitrogens is 2. The van der Waals surface area contributed by atoms with Crippen molar-refractivity contribution in [2.75, 3.05) is 19.8 Å². The molecule has 40 heavy (non-hydrogen) atoms. The second kappa shape index (κ2) is 11.7. The summed E-state index contributed by atoms with van der Waals surface area (Å²) in [5.74, 6) is 0.176. The first-order chi connectivity index (χ1) is 19.4. The van der Waals surface area contributed by atoms with Crippen LogP contribution in [-0.4, -0.2) is 57.1 Å². The van der Waals surface area contributed by atoms with Gasteiger partial charge in [-0.15, -0.1) is 0 Å². The molecule has 208 valence electrons. The van der Waals surface area contributed by atoms with E-state index in [1.54, 1.807) is 48.9 Å². The van der Waals surface area contributed by atoms with Crippen molar-refractivity contribution in [1.82, 2.24) is 14.5 Å². The lowest BCUT2D eigenvalue weighted by Gasteiger charge is -2.26. The van der Waals surface area contributed by atoms with Gasteiger partial charge in [-0.2, -0.15) is 0 Å². The number of aryl methyl sites for hydroxylation is 1. The van der Waals surface area contributed by atoms with Crippen LogP contribution < -0.4 is 14.2 Å². The lowest BCUT2D eigenvalue weighted by atomic mass is 9.94. The van der Waals surface area contributed by atoms with Crippen molar-refractivity contribution in [2.24, 2.45) is 0 Å². The number of carbonyl (C=O) groups excluding carboxylic acids is 2. The predicted octanol–water partition coefficient (Wildman–Crippen LogP) is 4.68. The molecule has 3 heterocycles. The number of aliphatic hydroxyl groups is 1. The lowest BCUT2D eigenvalue weighted by molar-refractivity contribution is -0.139. The van der Waals surface area contributed by atoms with Gasteiger partial charge in [0.25, 0.3) is 11.7 Å². The van der Waals surface area contributed by atoms with Crippen molar-refractivity contribution in [1.29, 1.82) is 0 Å². The minimum atomic E-state index is -0.807. The van der Waals surface area contributed by atoms with Crippen molar-refractivity contribution in [3.63, 3.8) is 0 Å². The van der Waals surface area contributed by atoms with Crippen LogP contribution in [0.25, 0.3) is 5.76 Å². The standard InChI is InChI=1S/C31H33N3O6/c1-4-15-39-25-10-7-21(18-26(25)38-5-2)28-27(29(35)22-8-9-24-23(17-22)16-20(3)40-24)30(36)31(37)34(28)13-6-12-33-14-11-32-19-33/h4,7-11,14,17-20,28,35H,1,5-6,12-13,15-16H2,2-3H3. The second-order valence-electron chi connectivity index (χ2n) is 9.84. The number of amides is 1. The summed E-state index contributed by atoms with van der Waals surface area (Å²) in [7, 11) is 0. The van der Waals surface area contributed by atoms with E-state index in [2.05, 4.69) is 11.6 Å². The van der Waals surface area contributed by atoms with Gasteiger partial charge in [0.15, 0.2) is 11.5 Å². The molecule has 3 aromatic rings. The Bertz CT molecular complexity index is 1450. The first-order valence-corrected chi connectivity index (χ1v) is 13.5. The van der Waals surface area contributed by atoms with Crippen molar-refractivity contribution >= 4 is 17.4 Å². The highest BCUT2D eigenvalue weighted by Gasteiger charge is 2.46. The van der Waals surface area contributed by atoms with Crippen LogP contribution in [0.1, 0.15) is 43.0 Å². The van der Waals surface area contributed by atoms with Gasteiger partial charge in [-0.3, -0.25) is 9.59 Å². The van der Waals surface area contributed by atoms with Gasteiger partial charge >= 0.3 is 0 Å². The van der Waals surface area contributed by atoms with Crippen LogP contribution in [0.3, 0.4) is 0 Å². The third-order valence-electron chi connectivity index (χ3n) is 7.02. The van der Waals surface area contributed by atoms with E-state index in [1.807, 2.05) is 30.7 Å². The Labute approximate surface area is 233 Å². The normalized spacial score (nSPS) is 19.4. The number of likely N-dealkylation sites (tertiary alicyclic amines) is 1. The van der Waals surface area contributed by atoms with Crippen molar-refractivity contribution in [3.05, 3.63) is 90.0 Å². The van der Waals surface area contributed by atoms with Gasteiger partial charge in [-0.25, -0.2) is 4.98 Å². The van der Waals surface area contributed by atoms with Crippen molar-refractivity contribution in [3.8, 4) is 17.2 Å². The van der Waals surface area contributed by atoms with Crippen LogP contribution in [0, 0.1) is 0 Å². The predicted molar refractivity (Wildman–Crippen MR) is 149 cm³/mol. The maximum absolute atomic E-state index is 13.5. The molecule has 0 saturated carbocycles. The van der Waals surface area contributed by atoms with Crippen LogP contribution in [0.2, 0.25) is 0 Å². The molecular weight excluding hydrogens is 510 g/mol. The van der Waals surface area contributed by atoms with Gasteiger partial charge in [-0.05, 0) is 61.7 Å². The third-order valence-corrected chi connectivity index (χ3v) is 7.02. The minimum absolute atomic E-state index is 0.0345. The van der Waals surface area contributed by atoms with E-state index >= 15 is 0 Å². The molecule has 1 saturated heterocycles. The third kappa shape index (κ3) is 5.32. The minimum Gasteiger partial charge on any atom is -0.507 e. The number of Topliss-reactive ketones (excluding diaryl/α,β-unsaturated/α-hetero) is 1. The van der Waals surface area contributed by atoms with Crippen LogP contribution in [0.5, 0.6) is 17.2 Å². The van der Waals surface area contributed by atoms with Crippen molar-refractivity contribution < 1.29 is 28.9 Å². The zero-order chi connectivity index (χ0) is 28.2. The number of hydrogen-bond donors (Lipinski definition) is 1. The van der Waals surface area contributed by atoms with E-state index < -0.39 is 17.7 Å². The number of rotatable bonds is 11. The second-order valence-corrected chi connectivity index (χ2v) is 9.84. The molecule has 2 aromatic carbocycles. The number of imidazole rings is 1. The molecule has 1 fully saturated rings. The fourth-order valence-corrected chi connectivity index (χ4v) is 5.26. The molecule has 2 unspecified atom stereocenters.